The fraction of sp³-hybridized carbons (Fsp3) is 0.824. The summed E-state index contributed by atoms with van der Waals surface area (Å²) < 4.78 is 13.2. The quantitative estimate of drug-likeness (QED) is 0.0762. The van der Waals surface area contributed by atoms with Crippen molar-refractivity contribution in [2.75, 3.05) is 13.2 Å². The molecule has 1 aliphatic rings. The van der Waals surface area contributed by atoms with Crippen LogP contribution in [0.5, 0.6) is 0 Å². The molecule has 0 radical (unpaired) electrons. The molecular weight excluding hydrogens is 504 g/mol. The Labute approximate surface area is 245 Å². The first-order valence-corrected chi connectivity index (χ1v) is 16.4. The molecule has 0 heterocycles. The molecule has 1 rings (SSSR count). The average molecular weight is 565 g/mol. The molecule has 6 nitrogen and oxygen atoms in total. The van der Waals surface area contributed by atoms with E-state index in [4.69, 9.17) is 19.7 Å². The van der Waals surface area contributed by atoms with Crippen molar-refractivity contribution < 1.29 is 29.3 Å². The molecule has 0 aromatic heterocycles. The van der Waals surface area contributed by atoms with Gasteiger partial charge in [0.1, 0.15) is 0 Å². The van der Waals surface area contributed by atoms with Crippen LogP contribution in [0.25, 0.3) is 0 Å². The molecule has 40 heavy (non-hydrogen) atoms. The predicted molar refractivity (Wildman–Crippen MR) is 163 cm³/mol. The first-order valence-electron chi connectivity index (χ1n) is 16.4. The topological polar surface area (TPSA) is 93.1 Å². The summed E-state index contributed by atoms with van der Waals surface area (Å²) in [5.41, 5.74) is 1.46. The molecular formula is C34H60O6. The number of carboxylic acid groups (broad SMARTS) is 2. The van der Waals surface area contributed by atoms with E-state index in [2.05, 4.69) is 39.0 Å². The first kappa shape index (κ1) is 36.4. The van der Waals surface area contributed by atoms with Crippen LogP contribution >= 0.6 is 0 Å². The SMILES string of the molecule is CCCCOC1(OCC(C)C)C=CC=C(CCCCCCCCCC(=O)O)C1CCCCCCCCCC(=O)O. The van der Waals surface area contributed by atoms with E-state index in [1.165, 1.54) is 44.1 Å². The third-order valence-electron chi connectivity index (χ3n) is 7.78. The van der Waals surface area contributed by atoms with Gasteiger partial charge >= 0.3 is 11.9 Å². The van der Waals surface area contributed by atoms with Crippen LogP contribution < -0.4 is 0 Å². The Bertz CT molecular complexity index is 728. The molecule has 2 N–H and O–H groups in total. The van der Waals surface area contributed by atoms with Gasteiger partial charge in [-0.2, -0.15) is 0 Å². The summed E-state index contributed by atoms with van der Waals surface area (Å²) in [5.74, 6) is -1.39. The van der Waals surface area contributed by atoms with Gasteiger partial charge in [-0.1, -0.05) is 116 Å². The lowest BCUT2D eigenvalue weighted by atomic mass is 9.79. The average Bonchev–Trinajstić information content (AvgIpc) is 2.91. The standard InChI is InChI=1S/C34H60O6/c1-4-5-27-39-34(40-28-29(2)3)26-20-22-30(21-16-12-8-6-10-14-18-24-32(35)36)31(34)23-17-13-9-7-11-15-19-25-33(37)38/h20,22,26,29,31H,4-19,21,23-25,27-28H2,1-3H3,(H,35,36)(H,37,38). The number of unbranched alkanes of at least 4 members (excludes halogenated alkanes) is 13. The van der Waals surface area contributed by atoms with Crippen LogP contribution in [0.4, 0.5) is 0 Å². The minimum Gasteiger partial charge on any atom is -0.481 e. The molecule has 0 aromatic carbocycles. The van der Waals surface area contributed by atoms with Gasteiger partial charge in [-0.25, -0.2) is 0 Å². The van der Waals surface area contributed by atoms with Gasteiger partial charge < -0.3 is 19.7 Å². The predicted octanol–water partition coefficient (Wildman–Crippen LogP) is 9.48. The van der Waals surface area contributed by atoms with Gasteiger partial charge in [0, 0.05) is 18.8 Å². The summed E-state index contributed by atoms with van der Waals surface area (Å²) in [6, 6.07) is 0. The number of rotatable bonds is 27. The van der Waals surface area contributed by atoms with Crippen LogP contribution in [-0.4, -0.2) is 41.2 Å². The van der Waals surface area contributed by atoms with Gasteiger partial charge in [-0.15, -0.1) is 0 Å². The Morgan fingerprint density at radius 2 is 1.30 bits per heavy atom. The molecule has 0 saturated heterocycles. The van der Waals surface area contributed by atoms with E-state index in [0.717, 1.165) is 77.0 Å². The largest absolute Gasteiger partial charge is 0.481 e. The number of aliphatic carboxylic acids is 2. The molecule has 0 bridgehead atoms. The van der Waals surface area contributed by atoms with Crippen LogP contribution in [0.3, 0.4) is 0 Å². The molecule has 6 heteroatoms. The molecule has 0 aliphatic heterocycles. The van der Waals surface area contributed by atoms with E-state index >= 15 is 0 Å². The van der Waals surface area contributed by atoms with Crippen molar-refractivity contribution in [3.05, 3.63) is 23.8 Å². The van der Waals surface area contributed by atoms with E-state index in [1.807, 2.05) is 0 Å². The Balaban J connectivity index is 2.65. The van der Waals surface area contributed by atoms with Crippen molar-refractivity contribution in [3.63, 3.8) is 0 Å². The van der Waals surface area contributed by atoms with E-state index < -0.39 is 17.7 Å². The minimum absolute atomic E-state index is 0.236. The Hall–Kier alpha value is -1.66. The van der Waals surface area contributed by atoms with E-state index in [0.29, 0.717) is 19.1 Å². The van der Waals surface area contributed by atoms with Gasteiger partial charge in [0.2, 0.25) is 0 Å². The Kier molecular flexibility index (Phi) is 20.9. The smallest absolute Gasteiger partial charge is 0.303 e. The van der Waals surface area contributed by atoms with Gasteiger partial charge in [0.15, 0.2) is 5.79 Å². The molecule has 0 amide bonds. The molecule has 2 atom stereocenters. The van der Waals surface area contributed by atoms with Gasteiger partial charge in [0.05, 0.1) is 13.2 Å². The summed E-state index contributed by atoms with van der Waals surface area (Å²) in [6.07, 6.45) is 26.7. The van der Waals surface area contributed by atoms with Crippen molar-refractivity contribution in [2.45, 2.75) is 155 Å². The third-order valence-corrected chi connectivity index (χ3v) is 7.78. The number of carbonyl (C=O) groups is 2. The highest BCUT2D eigenvalue weighted by Crippen LogP contribution is 2.41. The fourth-order valence-electron chi connectivity index (χ4n) is 5.45. The summed E-state index contributed by atoms with van der Waals surface area (Å²) in [7, 11) is 0. The summed E-state index contributed by atoms with van der Waals surface area (Å²) in [6.45, 7) is 7.96. The van der Waals surface area contributed by atoms with Gasteiger partial charge in [-0.05, 0) is 50.5 Å². The maximum atomic E-state index is 10.7. The van der Waals surface area contributed by atoms with Crippen LogP contribution in [0.2, 0.25) is 0 Å². The van der Waals surface area contributed by atoms with Crippen molar-refractivity contribution in [3.8, 4) is 0 Å². The summed E-state index contributed by atoms with van der Waals surface area (Å²) in [5, 5.41) is 17.6. The van der Waals surface area contributed by atoms with Crippen LogP contribution in [0.15, 0.2) is 23.8 Å². The zero-order chi connectivity index (χ0) is 29.5. The molecule has 0 fully saturated rings. The number of ether oxygens (including phenoxy) is 2. The van der Waals surface area contributed by atoms with Gasteiger partial charge in [-0.3, -0.25) is 9.59 Å². The zero-order valence-electron chi connectivity index (χ0n) is 26.0. The van der Waals surface area contributed by atoms with Crippen molar-refractivity contribution in [1.82, 2.24) is 0 Å². The number of allylic oxidation sites excluding steroid dienone is 2. The zero-order valence-corrected chi connectivity index (χ0v) is 26.0. The van der Waals surface area contributed by atoms with E-state index in [9.17, 15) is 9.59 Å². The third kappa shape index (κ3) is 17.2. The number of carboxylic acids is 2. The lowest BCUT2D eigenvalue weighted by molar-refractivity contribution is -0.235. The minimum atomic E-state index is -0.692. The number of hydrogen-bond acceptors (Lipinski definition) is 4. The Morgan fingerprint density at radius 3 is 1.82 bits per heavy atom. The Morgan fingerprint density at radius 1 is 0.775 bits per heavy atom. The molecule has 0 aromatic rings. The number of hydrogen-bond donors (Lipinski definition) is 2. The summed E-state index contributed by atoms with van der Waals surface area (Å²) in [4.78, 5) is 21.4. The molecule has 2 unspecified atom stereocenters. The normalized spacial score (nSPS) is 18.8. The van der Waals surface area contributed by atoms with Crippen molar-refractivity contribution in [2.24, 2.45) is 11.8 Å². The highest BCUT2D eigenvalue weighted by molar-refractivity contribution is 5.66. The second kappa shape index (κ2) is 23.0. The van der Waals surface area contributed by atoms with Crippen LogP contribution in [0.1, 0.15) is 149 Å². The molecule has 0 spiro atoms. The summed E-state index contributed by atoms with van der Waals surface area (Å²) >= 11 is 0. The fourth-order valence-corrected chi connectivity index (χ4v) is 5.45. The lowest BCUT2D eigenvalue weighted by Crippen LogP contribution is -2.45. The monoisotopic (exact) mass is 564 g/mol. The van der Waals surface area contributed by atoms with E-state index in [-0.39, 0.29) is 18.8 Å². The second-order valence-electron chi connectivity index (χ2n) is 12.1. The molecule has 0 saturated carbocycles. The first-order chi connectivity index (χ1) is 19.3. The van der Waals surface area contributed by atoms with Crippen LogP contribution in [-0.2, 0) is 19.1 Å². The van der Waals surface area contributed by atoms with E-state index in [1.54, 1.807) is 0 Å². The second-order valence-corrected chi connectivity index (χ2v) is 12.1. The maximum Gasteiger partial charge on any atom is 0.303 e. The van der Waals surface area contributed by atoms with Crippen molar-refractivity contribution >= 4 is 11.9 Å². The lowest BCUT2D eigenvalue weighted by Gasteiger charge is -2.42. The molecule has 232 valence electrons. The van der Waals surface area contributed by atoms with Crippen LogP contribution in [0, 0.1) is 11.8 Å². The molecule has 1 aliphatic carbocycles. The maximum absolute atomic E-state index is 10.7. The highest BCUT2D eigenvalue weighted by atomic mass is 16.7. The highest BCUT2D eigenvalue weighted by Gasteiger charge is 2.41. The van der Waals surface area contributed by atoms with Crippen molar-refractivity contribution in [1.29, 1.82) is 0 Å². The van der Waals surface area contributed by atoms with Gasteiger partial charge in [0.25, 0.3) is 0 Å².